The number of rotatable bonds is 0. The molecular formula is C24H15BrO2. The fraction of sp³-hybridized carbons (Fsp3) is 0. The fourth-order valence-electron chi connectivity index (χ4n) is 3.37. The average molecular weight is 415 g/mol. The molecule has 0 amide bonds. The molecule has 0 radical (unpaired) electrons. The second kappa shape index (κ2) is 6.60. The summed E-state index contributed by atoms with van der Waals surface area (Å²) in [7, 11) is 0. The molecule has 0 spiro atoms. The highest BCUT2D eigenvalue weighted by atomic mass is 79.9. The zero-order valence-corrected chi connectivity index (χ0v) is 15.9. The van der Waals surface area contributed by atoms with Crippen molar-refractivity contribution in [2.45, 2.75) is 0 Å². The van der Waals surface area contributed by atoms with Gasteiger partial charge in [-0.05, 0) is 36.4 Å². The number of halogens is 1. The third kappa shape index (κ3) is 2.90. The molecule has 3 heteroatoms. The number of fused-ring (bicyclic) bond motifs is 6. The van der Waals surface area contributed by atoms with Crippen LogP contribution in [0.2, 0.25) is 0 Å². The van der Waals surface area contributed by atoms with Gasteiger partial charge in [-0.25, -0.2) is 0 Å². The van der Waals surface area contributed by atoms with Gasteiger partial charge in [-0.1, -0.05) is 70.5 Å². The summed E-state index contributed by atoms with van der Waals surface area (Å²) >= 11 is 3.46. The smallest absolute Gasteiger partial charge is 0.135 e. The van der Waals surface area contributed by atoms with E-state index in [0.717, 1.165) is 32.2 Å². The van der Waals surface area contributed by atoms with Crippen molar-refractivity contribution in [3.8, 4) is 0 Å². The van der Waals surface area contributed by atoms with Crippen LogP contribution < -0.4 is 0 Å². The van der Waals surface area contributed by atoms with Gasteiger partial charge in [-0.3, -0.25) is 0 Å². The summed E-state index contributed by atoms with van der Waals surface area (Å²) < 4.78 is 12.4. The Morgan fingerprint density at radius 1 is 0.444 bits per heavy atom. The van der Waals surface area contributed by atoms with Crippen molar-refractivity contribution >= 4 is 59.8 Å². The van der Waals surface area contributed by atoms with Crippen molar-refractivity contribution in [3.05, 3.63) is 95.5 Å². The first-order valence-corrected chi connectivity index (χ1v) is 9.52. The highest BCUT2D eigenvalue weighted by molar-refractivity contribution is 9.10. The van der Waals surface area contributed by atoms with Crippen molar-refractivity contribution in [1.29, 1.82) is 0 Å². The molecule has 0 bridgehead atoms. The third-order valence-electron chi connectivity index (χ3n) is 4.62. The Kier molecular flexibility index (Phi) is 3.95. The number of hydrogen-bond acceptors (Lipinski definition) is 2. The van der Waals surface area contributed by atoms with Gasteiger partial charge in [0, 0.05) is 26.0 Å². The standard InChI is InChI=1S/C12H7BrO.C12H8O/c13-8-5-6-12-10(7-8)9-3-1-2-4-11(9)14-12;1-3-7-11-9(5-1)10-6-2-4-8-12(10)13-11/h1-7H;1-8H. The van der Waals surface area contributed by atoms with Crippen LogP contribution in [0.5, 0.6) is 0 Å². The summed E-state index contributed by atoms with van der Waals surface area (Å²) in [4.78, 5) is 0. The Morgan fingerprint density at radius 3 is 1.37 bits per heavy atom. The Labute approximate surface area is 164 Å². The zero-order valence-electron chi connectivity index (χ0n) is 14.4. The first-order valence-electron chi connectivity index (χ1n) is 8.73. The number of hydrogen-bond donors (Lipinski definition) is 0. The zero-order chi connectivity index (χ0) is 18.2. The van der Waals surface area contributed by atoms with E-state index in [1.807, 2.05) is 66.7 Å². The SMILES string of the molecule is Brc1ccc2oc3ccccc3c2c1.c1ccc2c(c1)oc1ccccc12. The van der Waals surface area contributed by atoms with E-state index < -0.39 is 0 Å². The molecule has 2 aromatic heterocycles. The molecule has 0 fully saturated rings. The van der Waals surface area contributed by atoms with Crippen LogP contribution in [-0.2, 0) is 0 Å². The van der Waals surface area contributed by atoms with Crippen LogP contribution in [0.4, 0.5) is 0 Å². The summed E-state index contributed by atoms with van der Waals surface area (Å²) in [6, 6.07) is 30.3. The number of benzene rings is 4. The number of furan rings is 2. The molecule has 27 heavy (non-hydrogen) atoms. The summed E-state index contributed by atoms with van der Waals surface area (Å²) in [5, 5.41) is 4.72. The van der Waals surface area contributed by atoms with Gasteiger partial charge in [-0.15, -0.1) is 0 Å². The normalized spacial score (nSPS) is 11.1. The lowest BCUT2D eigenvalue weighted by Gasteiger charge is -1.89. The number of para-hydroxylation sites is 3. The Bertz CT molecular complexity index is 1340. The van der Waals surface area contributed by atoms with Crippen molar-refractivity contribution < 1.29 is 8.83 Å². The lowest BCUT2D eigenvalue weighted by Crippen LogP contribution is -1.66. The van der Waals surface area contributed by atoms with Crippen LogP contribution >= 0.6 is 15.9 Å². The highest BCUT2D eigenvalue weighted by Crippen LogP contribution is 2.30. The second-order valence-corrected chi connectivity index (χ2v) is 7.25. The van der Waals surface area contributed by atoms with Gasteiger partial charge < -0.3 is 8.83 Å². The van der Waals surface area contributed by atoms with Crippen LogP contribution in [0.3, 0.4) is 0 Å². The van der Waals surface area contributed by atoms with Gasteiger partial charge in [0.25, 0.3) is 0 Å². The first kappa shape index (κ1) is 16.2. The van der Waals surface area contributed by atoms with E-state index in [2.05, 4.69) is 40.2 Å². The van der Waals surface area contributed by atoms with E-state index in [0.29, 0.717) is 0 Å². The largest absolute Gasteiger partial charge is 0.456 e. The molecule has 2 heterocycles. The van der Waals surface area contributed by atoms with Gasteiger partial charge in [0.15, 0.2) is 0 Å². The maximum Gasteiger partial charge on any atom is 0.135 e. The van der Waals surface area contributed by atoms with Gasteiger partial charge in [-0.2, -0.15) is 0 Å². The topological polar surface area (TPSA) is 26.3 Å². The Hall–Kier alpha value is -3.04. The first-order chi connectivity index (χ1) is 13.3. The molecule has 0 saturated heterocycles. The maximum atomic E-state index is 5.69. The lowest BCUT2D eigenvalue weighted by molar-refractivity contribution is 0.668. The minimum Gasteiger partial charge on any atom is -0.456 e. The summed E-state index contributed by atoms with van der Waals surface area (Å²) in [6.07, 6.45) is 0. The molecule has 2 nitrogen and oxygen atoms in total. The monoisotopic (exact) mass is 414 g/mol. The summed E-state index contributed by atoms with van der Waals surface area (Å²) in [6.45, 7) is 0. The molecule has 0 N–H and O–H groups in total. The molecule has 130 valence electrons. The van der Waals surface area contributed by atoms with Crippen LogP contribution in [-0.4, -0.2) is 0 Å². The molecule has 0 atom stereocenters. The van der Waals surface area contributed by atoms with Gasteiger partial charge in [0.1, 0.15) is 22.3 Å². The fourth-order valence-corrected chi connectivity index (χ4v) is 3.73. The summed E-state index contributed by atoms with van der Waals surface area (Å²) in [5.41, 5.74) is 3.81. The van der Waals surface area contributed by atoms with Gasteiger partial charge >= 0.3 is 0 Å². The maximum absolute atomic E-state index is 5.69. The molecule has 0 aliphatic heterocycles. The molecule has 6 aromatic rings. The molecule has 0 unspecified atom stereocenters. The Morgan fingerprint density at radius 2 is 0.852 bits per heavy atom. The third-order valence-corrected chi connectivity index (χ3v) is 5.12. The quantitative estimate of drug-likeness (QED) is 0.252. The predicted molar refractivity (Wildman–Crippen MR) is 115 cm³/mol. The predicted octanol–water partition coefficient (Wildman–Crippen LogP) is 7.93. The van der Waals surface area contributed by atoms with Crippen molar-refractivity contribution in [2.75, 3.05) is 0 Å². The molecule has 0 aliphatic rings. The summed E-state index contributed by atoms with van der Waals surface area (Å²) in [5.74, 6) is 0. The molecule has 0 saturated carbocycles. The van der Waals surface area contributed by atoms with E-state index in [-0.39, 0.29) is 0 Å². The van der Waals surface area contributed by atoms with E-state index >= 15 is 0 Å². The minimum atomic E-state index is 0.939. The van der Waals surface area contributed by atoms with Crippen molar-refractivity contribution in [2.24, 2.45) is 0 Å². The molecule has 4 aromatic carbocycles. The lowest BCUT2D eigenvalue weighted by atomic mass is 10.2. The van der Waals surface area contributed by atoms with E-state index in [4.69, 9.17) is 8.83 Å². The van der Waals surface area contributed by atoms with E-state index in [1.165, 1.54) is 16.2 Å². The average Bonchev–Trinajstić information content (AvgIpc) is 3.26. The van der Waals surface area contributed by atoms with E-state index in [9.17, 15) is 0 Å². The molecular weight excluding hydrogens is 400 g/mol. The van der Waals surface area contributed by atoms with Crippen LogP contribution in [0.1, 0.15) is 0 Å². The highest BCUT2D eigenvalue weighted by Gasteiger charge is 2.05. The van der Waals surface area contributed by atoms with Gasteiger partial charge in [0.05, 0.1) is 0 Å². The molecule has 6 rings (SSSR count). The van der Waals surface area contributed by atoms with Crippen molar-refractivity contribution in [1.82, 2.24) is 0 Å². The van der Waals surface area contributed by atoms with Crippen LogP contribution in [0.15, 0.2) is 104 Å². The van der Waals surface area contributed by atoms with Gasteiger partial charge in [0.2, 0.25) is 0 Å². The van der Waals surface area contributed by atoms with Crippen LogP contribution in [0.25, 0.3) is 43.9 Å². The van der Waals surface area contributed by atoms with Crippen LogP contribution in [0, 0.1) is 0 Å². The Balaban J connectivity index is 0.000000119. The van der Waals surface area contributed by atoms with E-state index in [1.54, 1.807) is 0 Å². The molecule has 0 aliphatic carbocycles. The second-order valence-electron chi connectivity index (χ2n) is 6.33. The van der Waals surface area contributed by atoms with Crippen molar-refractivity contribution in [3.63, 3.8) is 0 Å². The minimum absolute atomic E-state index is 0.939.